The van der Waals surface area contributed by atoms with Crippen molar-refractivity contribution in [1.29, 1.82) is 0 Å². The van der Waals surface area contributed by atoms with E-state index in [2.05, 4.69) is 60.7 Å². The van der Waals surface area contributed by atoms with Gasteiger partial charge >= 0.3 is 0 Å². The molecule has 1 aliphatic rings. The molecule has 1 aliphatic heterocycles. The molecule has 0 saturated carbocycles. The lowest BCUT2D eigenvalue weighted by Crippen LogP contribution is -2.29. The second kappa shape index (κ2) is 9.85. The summed E-state index contributed by atoms with van der Waals surface area (Å²) in [6.45, 7) is 11.2. The summed E-state index contributed by atoms with van der Waals surface area (Å²) in [4.78, 5) is 9.14. The van der Waals surface area contributed by atoms with Crippen molar-refractivity contribution in [3.63, 3.8) is 0 Å². The minimum Gasteiger partial charge on any atom is -0.475 e. The molecule has 2 N–H and O–H groups in total. The number of hydrogen-bond donors (Lipinski definition) is 2. The predicted molar refractivity (Wildman–Crippen MR) is 140 cm³/mol. The third-order valence-electron chi connectivity index (χ3n) is 5.65. The Labute approximate surface area is 208 Å². The molecule has 2 heterocycles. The first kappa shape index (κ1) is 25.0. The second-order valence-corrected chi connectivity index (χ2v) is 12.4. The minimum absolute atomic E-state index is 0.0117. The number of ether oxygens (including phenoxy) is 1. The SMILES string of the molecule is CC(C)C[C@@H]1COc2cc(-c3ccccc3CC(C)(C)C)nc(n2)NS(=O)(=O)c2cccc(c2)N1. The third kappa shape index (κ3) is 6.51. The van der Waals surface area contributed by atoms with Crippen molar-refractivity contribution in [3.8, 4) is 17.1 Å². The molecule has 0 saturated heterocycles. The summed E-state index contributed by atoms with van der Waals surface area (Å²) in [6, 6.07) is 16.6. The van der Waals surface area contributed by atoms with Crippen LogP contribution in [0, 0.1) is 11.3 Å². The number of aromatic nitrogens is 2. The van der Waals surface area contributed by atoms with E-state index in [-0.39, 0.29) is 22.3 Å². The van der Waals surface area contributed by atoms with Crippen molar-refractivity contribution in [2.75, 3.05) is 16.6 Å². The summed E-state index contributed by atoms with van der Waals surface area (Å²) in [5.41, 5.74) is 3.48. The average molecular weight is 495 g/mol. The van der Waals surface area contributed by atoms with Crippen LogP contribution in [0.25, 0.3) is 11.3 Å². The standard InChI is InChI=1S/C27H34N4O3S/c1-18(2)13-21-17-34-25-15-24(23-12-7-6-9-19(23)16-27(3,4)5)29-26(30-25)31-35(32,33)22-11-8-10-20(14-22)28-21/h6-12,14-15,18,21,28H,13,16-17H2,1-5H3,(H,29,30,31)/t21-/m1/s1. The number of rotatable bonds is 4. The van der Waals surface area contributed by atoms with E-state index in [4.69, 9.17) is 4.74 Å². The van der Waals surface area contributed by atoms with E-state index in [1.807, 2.05) is 24.3 Å². The maximum Gasteiger partial charge on any atom is 0.264 e. The van der Waals surface area contributed by atoms with Gasteiger partial charge in [-0.05, 0) is 47.9 Å². The van der Waals surface area contributed by atoms with Crippen LogP contribution < -0.4 is 14.8 Å². The normalized spacial score (nSPS) is 17.4. The van der Waals surface area contributed by atoms with Gasteiger partial charge < -0.3 is 10.1 Å². The molecule has 1 atom stereocenters. The number of benzene rings is 2. The molecule has 4 rings (SSSR count). The molecule has 4 bridgehead atoms. The zero-order valence-electron chi connectivity index (χ0n) is 21.0. The van der Waals surface area contributed by atoms with Crippen molar-refractivity contribution in [2.45, 2.75) is 58.4 Å². The van der Waals surface area contributed by atoms with Gasteiger partial charge in [0.05, 0.1) is 16.6 Å². The Kier molecular flexibility index (Phi) is 7.03. The molecule has 8 heteroatoms. The molecule has 2 aromatic carbocycles. The van der Waals surface area contributed by atoms with E-state index >= 15 is 0 Å². The Morgan fingerprint density at radius 3 is 2.57 bits per heavy atom. The molecule has 7 nitrogen and oxygen atoms in total. The topological polar surface area (TPSA) is 93.2 Å². The maximum absolute atomic E-state index is 13.2. The van der Waals surface area contributed by atoms with E-state index < -0.39 is 10.0 Å². The molecule has 1 aromatic heterocycles. The Bertz CT molecular complexity index is 1300. The van der Waals surface area contributed by atoms with Gasteiger partial charge in [0.15, 0.2) is 0 Å². The van der Waals surface area contributed by atoms with Gasteiger partial charge in [-0.3, -0.25) is 0 Å². The Morgan fingerprint density at radius 2 is 1.83 bits per heavy atom. The van der Waals surface area contributed by atoms with E-state index in [0.717, 1.165) is 29.7 Å². The van der Waals surface area contributed by atoms with E-state index in [1.54, 1.807) is 24.3 Å². The zero-order chi connectivity index (χ0) is 25.2. The third-order valence-corrected chi connectivity index (χ3v) is 6.97. The molecule has 3 aromatic rings. The first-order valence-corrected chi connectivity index (χ1v) is 13.5. The first-order chi connectivity index (χ1) is 16.5. The summed E-state index contributed by atoms with van der Waals surface area (Å²) in [5, 5.41) is 3.43. The van der Waals surface area contributed by atoms with Crippen LogP contribution >= 0.6 is 0 Å². The maximum atomic E-state index is 13.2. The van der Waals surface area contributed by atoms with Crippen LogP contribution in [-0.4, -0.2) is 31.0 Å². The summed E-state index contributed by atoms with van der Waals surface area (Å²) in [5.74, 6) is 0.749. The fourth-order valence-electron chi connectivity index (χ4n) is 4.27. The van der Waals surface area contributed by atoms with E-state index in [9.17, 15) is 8.42 Å². The van der Waals surface area contributed by atoms with Crippen molar-refractivity contribution >= 4 is 21.7 Å². The highest BCUT2D eigenvalue weighted by Gasteiger charge is 2.22. The largest absolute Gasteiger partial charge is 0.475 e. The summed E-state index contributed by atoms with van der Waals surface area (Å²) >= 11 is 0. The lowest BCUT2D eigenvalue weighted by atomic mass is 9.85. The highest BCUT2D eigenvalue weighted by molar-refractivity contribution is 7.92. The Morgan fingerprint density at radius 1 is 1.06 bits per heavy atom. The fraction of sp³-hybridized carbons (Fsp3) is 0.407. The monoisotopic (exact) mass is 494 g/mol. The molecule has 0 fully saturated rings. The predicted octanol–water partition coefficient (Wildman–Crippen LogP) is 5.75. The second-order valence-electron chi connectivity index (χ2n) is 10.7. The van der Waals surface area contributed by atoms with Crippen LogP contribution in [0.1, 0.15) is 46.6 Å². The molecular weight excluding hydrogens is 460 g/mol. The first-order valence-electron chi connectivity index (χ1n) is 12.0. The van der Waals surface area contributed by atoms with Crippen LogP contribution in [0.2, 0.25) is 0 Å². The molecular formula is C27H34N4O3S. The molecule has 0 radical (unpaired) electrons. The van der Waals surface area contributed by atoms with Gasteiger partial charge in [0.2, 0.25) is 11.8 Å². The molecule has 0 spiro atoms. The molecule has 0 unspecified atom stereocenters. The number of sulfonamides is 1. The van der Waals surface area contributed by atoms with Crippen LogP contribution in [-0.2, 0) is 16.4 Å². The molecule has 186 valence electrons. The number of nitrogens with zero attached hydrogens (tertiary/aromatic N) is 2. The smallest absolute Gasteiger partial charge is 0.264 e. The quantitative estimate of drug-likeness (QED) is 0.480. The lowest BCUT2D eigenvalue weighted by molar-refractivity contribution is 0.271. The van der Waals surface area contributed by atoms with Gasteiger partial charge in [0.25, 0.3) is 10.0 Å². The van der Waals surface area contributed by atoms with E-state index in [1.165, 1.54) is 0 Å². The summed E-state index contributed by atoms with van der Waals surface area (Å²) < 4.78 is 35.1. The van der Waals surface area contributed by atoms with E-state index in [0.29, 0.717) is 24.1 Å². The number of hydrogen-bond acceptors (Lipinski definition) is 6. The van der Waals surface area contributed by atoms with Crippen LogP contribution in [0.5, 0.6) is 5.88 Å². The highest BCUT2D eigenvalue weighted by Crippen LogP contribution is 2.31. The van der Waals surface area contributed by atoms with Gasteiger partial charge in [-0.2, -0.15) is 4.98 Å². The fourth-order valence-corrected chi connectivity index (χ4v) is 5.26. The van der Waals surface area contributed by atoms with Crippen molar-refractivity contribution < 1.29 is 13.2 Å². The van der Waals surface area contributed by atoms with Crippen molar-refractivity contribution in [2.24, 2.45) is 11.3 Å². The summed E-state index contributed by atoms with van der Waals surface area (Å²) in [6.07, 6.45) is 1.70. The zero-order valence-corrected chi connectivity index (χ0v) is 21.8. The van der Waals surface area contributed by atoms with Gasteiger partial charge in [0, 0.05) is 17.3 Å². The van der Waals surface area contributed by atoms with Gasteiger partial charge in [0.1, 0.15) is 6.61 Å². The Hall–Kier alpha value is -3.13. The van der Waals surface area contributed by atoms with Crippen molar-refractivity contribution in [3.05, 3.63) is 60.2 Å². The van der Waals surface area contributed by atoms with Crippen LogP contribution in [0.4, 0.5) is 11.6 Å². The van der Waals surface area contributed by atoms with Gasteiger partial charge in [-0.15, -0.1) is 0 Å². The van der Waals surface area contributed by atoms with Crippen LogP contribution in [0.3, 0.4) is 0 Å². The van der Waals surface area contributed by atoms with Gasteiger partial charge in [-0.25, -0.2) is 18.1 Å². The van der Waals surface area contributed by atoms with Crippen LogP contribution in [0.15, 0.2) is 59.5 Å². The number of nitrogens with one attached hydrogen (secondary N) is 2. The van der Waals surface area contributed by atoms with Crippen molar-refractivity contribution in [1.82, 2.24) is 9.97 Å². The summed E-state index contributed by atoms with van der Waals surface area (Å²) in [7, 11) is -3.90. The molecule has 0 aliphatic carbocycles. The lowest BCUT2D eigenvalue weighted by Gasteiger charge is -2.23. The number of fused-ring (bicyclic) bond motifs is 4. The minimum atomic E-state index is -3.90. The number of anilines is 2. The highest BCUT2D eigenvalue weighted by atomic mass is 32.2. The molecule has 0 amide bonds. The Balaban J connectivity index is 1.81. The average Bonchev–Trinajstić information content (AvgIpc) is 2.76. The van der Waals surface area contributed by atoms with Gasteiger partial charge in [-0.1, -0.05) is 65.0 Å². The molecule has 35 heavy (non-hydrogen) atoms.